The first kappa shape index (κ1) is 16.3. The molecule has 0 radical (unpaired) electrons. The minimum atomic E-state index is -4.53. The van der Waals surface area contributed by atoms with Gasteiger partial charge in [0.15, 0.2) is 0 Å². The van der Waals surface area contributed by atoms with E-state index < -0.39 is 17.8 Å². The van der Waals surface area contributed by atoms with Gasteiger partial charge in [0, 0.05) is 11.6 Å². The van der Waals surface area contributed by atoms with Gasteiger partial charge in [-0.15, -0.1) is 0 Å². The Morgan fingerprint density at radius 1 is 1.27 bits per heavy atom. The van der Waals surface area contributed by atoms with Gasteiger partial charge in [0.2, 0.25) is 0 Å². The van der Waals surface area contributed by atoms with Crippen LogP contribution in [0.25, 0.3) is 0 Å². The van der Waals surface area contributed by atoms with Crippen LogP contribution >= 0.6 is 11.6 Å². The van der Waals surface area contributed by atoms with Crippen LogP contribution in [0, 0.1) is 6.92 Å². The van der Waals surface area contributed by atoms with Crippen LogP contribution in [-0.2, 0) is 12.7 Å². The quantitative estimate of drug-likeness (QED) is 0.925. The molecule has 0 aliphatic heterocycles. The zero-order valence-corrected chi connectivity index (χ0v) is 12.3. The Kier molecular flexibility index (Phi) is 4.71. The fraction of sp³-hybridized carbons (Fsp3) is 0.200. The van der Waals surface area contributed by atoms with Crippen molar-refractivity contribution in [2.75, 3.05) is 0 Å². The Hall–Kier alpha value is -2.08. The van der Waals surface area contributed by atoms with Crippen LogP contribution in [0.1, 0.15) is 27.3 Å². The molecular formula is C15H12ClF3N2O. The van der Waals surface area contributed by atoms with Crippen molar-refractivity contribution in [3.63, 3.8) is 0 Å². The van der Waals surface area contributed by atoms with Crippen LogP contribution in [0.5, 0.6) is 0 Å². The van der Waals surface area contributed by atoms with Gasteiger partial charge in [-0.05, 0) is 36.8 Å². The van der Waals surface area contributed by atoms with E-state index in [1.165, 1.54) is 6.92 Å². The topological polar surface area (TPSA) is 42.0 Å². The van der Waals surface area contributed by atoms with Crippen LogP contribution in [0.2, 0.25) is 5.02 Å². The second-order valence-corrected chi connectivity index (χ2v) is 5.08. The van der Waals surface area contributed by atoms with E-state index >= 15 is 0 Å². The number of pyridine rings is 1. The van der Waals surface area contributed by atoms with Crippen molar-refractivity contribution in [3.05, 3.63) is 63.9 Å². The number of aryl methyl sites for hydroxylation is 1. The SMILES string of the molecule is Cc1nc(C(F)(F)F)ccc1C(=O)NCc1cccc(Cl)c1. The van der Waals surface area contributed by atoms with Crippen LogP contribution in [-0.4, -0.2) is 10.9 Å². The smallest absolute Gasteiger partial charge is 0.348 e. The van der Waals surface area contributed by atoms with Crippen molar-refractivity contribution in [1.82, 2.24) is 10.3 Å². The first-order valence-corrected chi connectivity index (χ1v) is 6.72. The maximum atomic E-state index is 12.5. The number of carbonyl (C=O) groups is 1. The summed E-state index contributed by atoms with van der Waals surface area (Å²) in [5, 5.41) is 3.16. The van der Waals surface area contributed by atoms with Gasteiger partial charge < -0.3 is 5.32 Å². The van der Waals surface area contributed by atoms with E-state index in [4.69, 9.17) is 11.6 Å². The molecule has 3 nitrogen and oxygen atoms in total. The van der Waals surface area contributed by atoms with E-state index in [9.17, 15) is 18.0 Å². The molecule has 0 unspecified atom stereocenters. The van der Waals surface area contributed by atoms with Crippen molar-refractivity contribution in [2.45, 2.75) is 19.6 Å². The standard InChI is InChI=1S/C15H12ClF3N2O/c1-9-12(5-6-13(21-9)15(17,18)19)14(22)20-8-10-3-2-4-11(16)7-10/h2-7H,8H2,1H3,(H,20,22). The summed E-state index contributed by atoms with van der Waals surface area (Å²) in [5.74, 6) is -0.487. The van der Waals surface area contributed by atoms with Crippen LogP contribution in [0.4, 0.5) is 13.2 Å². The maximum absolute atomic E-state index is 12.5. The molecular weight excluding hydrogens is 317 g/mol. The van der Waals surface area contributed by atoms with Crippen molar-refractivity contribution < 1.29 is 18.0 Å². The summed E-state index contributed by atoms with van der Waals surface area (Å²) >= 11 is 5.83. The summed E-state index contributed by atoms with van der Waals surface area (Å²) < 4.78 is 37.6. The summed E-state index contributed by atoms with van der Waals surface area (Å²) in [6.45, 7) is 1.59. The highest BCUT2D eigenvalue weighted by atomic mass is 35.5. The van der Waals surface area contributed by atoms with Crippen LogP contribution in [0.3, 0.4) is 0 Å². The molecule has 0 saturated heterocycles. The molecule has 1 aromatic carbocycles. The third kappa shape index (κ3) is 3.98. The zero-order valence-electron chi connectivity index (χ0n) is 11.5. The van der Waals surface area contributed by atoms with E-state index in [0.29, 0.717) is 5.02 Å². The van der Waals surface area contributed by atoms with Gasteiger partial charge in [-0.3, -0.25) is 4.79 Å². The third-order valence-electron chi connectivity index (χ3n) is 2.96. The molecule has 2 aromatic rings. The van der Waals surface area contributed by atoms with E-state index in [0.717, 1.165) is 17.7 Å². The first-order chi connectivity index (χ1) is 10.3. The van der Waals surface area contributed by atoms with Crippen molar-refractivity contribution in [1.29, 1.82) is 0 Å². The molecule has 0 aliphatic rings. The summed E-state index contributed by atoms with van der Waals surface area (Å²) in [5.41, 5.74) is -0.0942. The molecule has 1 aromatic heterocycles. The van der Waals surface area contributed by atoms with Gasteiger partial charge in [0.1, 0.15) is 5.69 Å². The van der Waals surface area contributed by atoms with Gasteiger partial charge in [-0.2, -0.15) is 13.2 Å². The summed E-state index contributed by atoms with van der Waals surface area (Å²) in [6, 6.07) is 8.84. The molecule has 0 spiro atoms. The summed E-state index contributed by atoms with van der Waals surface area (Å²) in [4.78, 5) is 15.4. The molecule has 22 heavy (non-hydrogen) atoms. The largest absolute Gasteiger partial charge is 0.433 e. The average Bonchev–Trinajstić information content (AvgIpc) is 2.44. The van der Waals surface area contributed by atoms with Crippen LogP contribution < -0.4 is 5.32 Å². The molecule has 7 heteroatoms. The highest BCUT2D eigenvalue weighted by Gasteiger charge is 2.33. The van der Waals surface area contributed by atoms with Gasteiger partial charge in [-0.1, -0.05) is 23.7 Å². The number of carbonyl (C=O) groups excluding carboxylic acids is 1. The Bertz CT molecular complexity index is 701. The lowest BCUT2D eigenvalue weighted by Gasteiger charge is -2.10. The minimum Gasteiger partial charge on any atom is -0.348 e. The van der Waals surface area contributed by atoms with E-state index in [1.54, 1.807) is 24.3 Å². The lowest BCUT2D eigenvalue weighted by molar-refractivity contribution is -0.141. The molecule has 1 N–H and O–H groups in total. The van der Waals surface area contributed by atoms with Crippen molar-refractivity contribution >= 4 is 17.5 Å². The number of halogens is 4. The summed E-state index contributed by atoms with van der Waals surface area (Å²) in [7, 11) is 0. The number of alkyl halides is 3. The predicted molar refractivity (Wildman–Crippen MR) is 76.6 cm³/mol. The number of amides is 1. The Labute approximate surface area is 130 Å². The van der Waals surface area contributed by atoms with Crippen molar-refractivity contribution in [3.8, 4) is 0 Å². The zero-order chi connectivity index (χ0) is 16.3. The van der Waals surface area contributed by atoms with E-state index in [1.807, 2.05) is 0 Å². The van der Waals surface area contributed by atoms with Gasteiger partial charge in [0.25, 0.3) is 5.91 Å². The molecule has 0 atom stereocenters. The molecule has 1 heterocycles. The monoisotopic (exact) mass is 328 g/mol. The Morgan fingerprint density at radius 3 is 2.59 bits per heavy atom. The highest BCUT2D eigenvalue weighted by Crippen LogP contribution is 2.28. The number of rotatable bonds is 3. The molecule has 0 bridgehead atoms. The normalized spacial score (nSPS) is 11.3. The lowest BCUT2D eigenvalue weighted by atomic mass is 10.1. The van der Waals surface area contributed by atoms with Crippen LogP contribution in [0.15, 0.2) is 36.4 Å². The average molecular weight is 329 g/mol. The molecule has 1 amide bonds. The fourth-order valence-electron chi connectivity index (χ4n) is 1.88. The molecule has 2 rings (SSSR count). The highest BCUT2D eigenvalue weighted by molar-refractivity contribution is 6.30. The molecule has 0 saturated carbocycles. The van der Waals surface area contributed by atoms with Gasteiger partial charge >= 0.3 is 6.18 Å². The van der Waals surface area contributed by atoms with Gasteiger partial charge in [-0.25, -0.2) is 4.98 Å². The fourth-order valence-corrected chi connectivity index (χ4v) is 2.10. The molecule has 0 aliphatic carbocycles. The number of nitrogens with one attached hydrogen (secondary N) is 1. The number of aromatic nitrogens is 1. The minimum absolute atomic E-state index is 0.0263. The molecule has 0 fully saturated rings. The predicted octanol–water partition coefficient (Wildman–Crippen LogP) is 3.99. The van der Waals surface area contributed by atoms with E-state index in [2.05, 4.69) is 10.3 Å². The maximum Gasteiger partial charge on any atom is 0.433 e. The number of hydrogen-bond donors (Lipinski definition) is 1. The third-order valence-corrected chi connectivity index (χ3v) is 3.20. The number of nitrogens with zero attached hydrogens (tertiary/aromatic N) is 1. The van der Waals surface area contributed by atoms with E-state index in [-0.39, 0.29) is 17.8 Å². The Balaban J connectivity index is 2.10. The Morgan fingerprint density at radius 2 is 2.00 bits per heavy atom. The van der Waals surface area contributed by atoms with Gasteiger partial charge in [0.05, 0.1) is 11.3 Å². The number of benzene rings is 1. The second-order valence-electron chi connectivity index (χ2n) is 4.64. The second kappa shape index (κ2) is 6.36. The summed E-state index contributed by atoms with van der Waals surface area (Å²) in [6.07, 6.45) is -4.53. The first-order valence-electron chi connectivity index (χ1n) is 6.35. The lowest BCUT2D eigenvalue weighted by Crippen LogP contribution is -2.24. The molecule has 116 valence electrons. The van der Waals surface area contributed by atoms with Crippen molar-refractivity contribution in [2.24, 2.45) is 0 Å². The number of hydrogen-bond acceptors (Lipinski definition) is 2.